The Morgan fingerprint density at radius 3 is 2.61 bits per heavy atom. The molecule has 7 heteroatoms. The summed E-state index contributed by atoms with van der Waals surface area (Å²) in [6.07, 6.45) is 6.56. The predicted octanol–water partition coefficient (Wildman–Crippen LogP) is 3.19. The van der Waals surface area contributed by atoms with Gasteiger partial charge in [-0.3, -0.25) is 4.79 Å². The molecule has 1 saturated carbocycles. The molecule has 5 rings (SSSR count). The molecule has 2 aliphatic rings. The van der Waals surface area contributed by atoms with Crippen molar-refractivity contribution in [2.24, 2.45) is 0 Å². The van der Waals surface area contributed by atoms with Gasteiger partial charge in [-0.25, -0.2) is 9.97 Å². The van der Waals surface area contributed by atoms with E-state index in [4.69, 9.17) is 20.4 Å². The van der Waals surface area contributed by atoms with E-state index in [-0.39, 0.29) is 18.1 Å². The van der Waals surface area contributed by atoms with Crippen molar-refractivity contribution >= 4 is 33.9 Å². The van der Waals surface area contributed by atoms with Crippen molar-refractivity contribution in [3.8, 4) is 0 Å². The Kier molecular flexibility index (Phi) is 4.39. The molecule has 2 fully saturated rings. The number of hydrogen-bond donors (Lipinski definition) is 2. The molecule has 3 aromatic rings. The molecule has 1 saturated heterocycles. The fourth-order valence-corrected chi connectivity index (χ4v) is 4.54. The van der Waals surface area contributed by atoms with Gasteiger partial charge in [0.1, 0.15) is 16.9 Å². The SMILES string of the molecule is Nc1c(C(=O)NC[C@@H]2CCCO2)c2nc3ccccc3nc2n1C1CCCC1. The fourth-order valence-electron chi connectivity index (χ4n) is 4.54. The van der Waals surface area contributed by atoms with Crippen LogP contribution in [0.3, 0.4) is 0 Å². The van der Waals surface area contributed by atoms with Gasteiger partial charge in [-0.2, -0.15) is 0 Å². The first-order valence-corrected chi connectivity index (χ1v) is 10.2. The number of nitrogens with one attached hydrogen (secondary N) is 1. The molecule has 7 nitrogen and oxygen atoms in total. The van der Waals surface area contributed by atoms with E-state index in [1.54, 1.807) is 0 Å². The highest BCUT2D eigenvalue weighted by Crippen LogP contribution is 2.37. The highest BCUT2D eigenvalue weighted by atomic mass is 16.5. The van der Waals surface area contributed by atoms with E-state index in [0.29, 0.717) is 29.1 Å². The quantitative estimate of drug-likeness (QED) is 0.726. The lowest BCUT2D eigenvalue weighted by Gasteiger charge is -2.15. The third kappa shape index (κ3) is 2.90. The summed E-state index contributed by atoms with van der Waals surface area (Å²) in [6.45, 7) is 1.26. The van der Waals surface area contributed by atoms with Crippen molar-refractivity contribution < 1.29 is 9.53 Å². The lowest BCUT2D eigenvalue weighted by molar-refractivity contribution is 0.0859. The number of aromatic nitrogens is 3. The summed E-state index contributed by atoms with van der Waals surface area (Å²) in [6, 6.07) is 8.01. The van der Waals surface area contributed by atoms with Crippen LogP contribution < -0.4 is 11.1 Å². The Morgan fingerprint density at radius 1 is 1.14 bits per heavy atom. The molecule has 2 aromatic heterocycles. The number of carbonyl (C=O) groups is 1. The third-order valence-corrected chi connectivity index (χ3v) is 5.96. The van der Waals surface area contributed by atoms with Crippen molar-refractivity contribution in [1.82, 2.24) is 19.9 Å². The molecule has 3 N–H and O–H groups in total. The largest absolute Gasteiger partial charge is 0.384 e. The maximum absolute atomic E-state index is 13.1. The summed E-state index contributed by atoms with van der Waals surface area (Å²) in [4.78, 5) is 22.7. The molecule has 0 radical (unpaired) electrons. The van der Waals surface area contributed by atoms with Gasteiger partial charge in [-0.05, 0) is 37.8 Å². The minimum Gasteiger partial charge on any atom is -0.384 e. The van der Waals surface area contributed by atoms with Gasteiger partial charge >= 0.3 is 0 Å². The fraction of sp³-hybridized carbons (Fsp3) is 0.476. The first-order chi connectivity index (χ1) is 13.7. The van der Waals surface area contributed by atoms with Gasteiger partial charge in [0.2, 0.25) is 0 Å². The average molecular weight is 379 g/mol. The van der Waals surface area contributed by atoms with Crippen molar-refractivity contribution in [3.05, 3.63) is 29.8 Å². The van der Waals surface area contributed by atoms with E-state index in [0.717, 1.165) is 43.3 Å². The van der Waals surface area contributed by atoms with Crippen molar-refractivity contribution in [1.29, 1.82) is 0 Å². The van der Waals surface area contributed by atoms with Crippen molar-refractivity contribution in [2.75, 3.05) is 18.9 Å². The number of fused-ring (bicyclic) bond motifs is 2. The molecule has 146 valence electrons. The highest BCUT2D eigenvalue weighted by molar-refractivity contribution is 6.10. The van der Waals surface area contributed by atoms with Gasteiger partial charge < -0.3 is 20.4 Å². The van der Waals surface area contributed by atoms with Crippen LogP contribution in [0, 0.1) is 0 Å². The zero-order chi connectivity index (χ0) is 19.1. The average Bonchev–Trinajstić information content (AvgIpc) is 3.44. The number of carbonyl (C=O) groups excluding carboxylic acids is 1. The smallest absolute Gasteiger partial charge is 0.257 e. The van der Waals surface area contributed by atoms with Gasteiger partial charge in [-0.1, -0.05) is 25.0 Å². The Hall–Kier alpha value is -2.67. The first-order valence-electron chi connectivity index (χ1n) is 10.2. The molecule has 1 atom stereocenters. The third-order valence-electron chi connectivity index (χ3n) is 5.96. The summed E-state index contributed by atoms with van der Waals surface area (Å²) >= 11 is 0. The molecule has 28 heavy (non-hydrogen) atoms. The molecule has 0 bridgehead atoms. The Balaban J connectivity index is 1.60. The standard InChI is InChI=1S/C21H25N5O2/c22-19-17(21(27)23-12-14-8-5-11-28-14)18-20(26(19)13-6-1-2-7-13)25-16-10-4-3-9-15(16)24-18/h3-4,9-10,13-14H,1-2,5-8,11-12,22H2,(H,23,27)/t14-/m0/s1. The van der Waals surface area contributed by atoms with Crippen LogP contribution >= 0.6 is 0 Å². The number of hydrogen-bond acceptors (Lipinski definition) is 5. The second-order valence-electron chi connectivity index (χ2n) is 7.80. The number of amides is 1. The van der Waals surface area contributed by atoms with Gasteiger partial charge in [0.15, 0.2) is 5.65 Å². The van der Waals surface area contributed by atoms with Gasteiger partial charge in [-0.15, -0.1) is 0 Å². The molecule has 1 amide bonds. The van der Waals surface area contributed by atoms with E-state index in [2.05, 4.69) is 5.32 Å². The second-order valence-corrected chi connectivity index (χ2v) is 7.80. The number of rotatable bonds is 4. The number of nitrogens with two attached hydrogens (primary N) is 1. The summed E-state index contributed by atoms with van der Waals surface area (Å²) in [5.41, 5.74) is 9.87. The molecular weight excluding hydrogens is 354 g/mol. The Labute approximate surface area is 163 Å². The number of nitrogens with zero attached hydrogens (tertiary/aromatic N) is 3. The molecule has 0 spiro atoms. The van der Waals surface area contributed by atoms with Gasteiger partial charge in [0.25, 0.3) is 5.91 Å². The number of para-hydroxylation sites is 2. The van der Waals surface area contributed by atoms with Crippen LogP contribution in [0.5, 0.6) is 0 Å². The topological polar surface area (TPSA) is 95.1 Å². The molecule has 0 unspecified atom stereocenters. The summed E-state index contributed by atoms with van der Waals surface area (Å²) in [7, 11) is 0. The summed E-state index contributed by atoms with van der Waals surface area (Å²) in [5, 5.41) is 3.00. The summed E-state index contributed by atoms with van der Waals surface area (Å²) in [5.74, 6) is 0.279. The predicted molar refractivity (Wildman–Crippen MR) is 108 cm³/mol. The van der Waals surface area contributed by atoms with E-state index in [9.17, 15) is 4.79 Å². The summed E-state index contributed by atoms with van der Waals surface area (Å²) < 4.78 is 7.67. The number of benzene rings is 1. The van der Waals surface area contributed by atoms with Crippen LogP contribution in [0.1, 0.15) is 54.9 Å². The van der Waals surface area contributed by atoms with Crippen LogP contribution in [-0.4, -0.2) is 39.7 Å². The number of anilines is 1. The van der Waals surface area contributed by atoms with Gasteiger partial charge in [0.05, 0.1) is 17.1 Å². The normalized spacial score (nSPS) is 20.4. The Bertz CT molecular complexity index is 1030. The van der Waals surface area contributed by atoms with E-state index < -0.39 is 0 Å². The lowest BCUT2D eigenvalue weighted by atomic mass is 10.2. The van der Waals surface area contributed by atoms with E-state index >= 15 is 0 Å². The molecule has 3 heterocycles. The van der Waals surface area contributed by atoms with Crippen LogP contribution in [0.15, 0.2) is 24.3 Å². The van der Waals surface area contributed by atoms with Crippen LogP contribution in [0.2, 0.25) is 0 Å². The van der Waals surface area contributed by atoms with E-state index in [1.807, 2.05) is 28.8 Å². The lowest BCUT2D eigenvalue weighted by Crippen LogP contribution is -2.32. The van der Waals surface area contributed by atoms with Crippen LogP contribution in [-0.2, 0) is 4.74 Å². The first kappa shape index (κ1) is 17.4. The number of ether oxygens (including phenoxy) is 1. The van der Waals surface area contributed by atoms with Crippen molar-refractivity contribution in [2.45, 2.75) is 50.7 Å². The minimum atomic E-state index is -0.195. The highest BCUT2D eigenvalue weighted by Gasteiger charge is 2.29. The molecule has 1 aliphatic heterocycles. The minimum absolute atomic E-state index is 0.0836. The molecule has 1 aromatic carbocycles. The maximum atomic E-state index is 13.1. The monoisotopic (exact) mass is 379 g/mol. The Morgan fingerprint density at radius 2 is 1.89 bits per heavy atom. The zero-order valence-electron chi connectivity index (χ0n) is 15.9. The van der Waals surface area contributed by atoms with E-state index in [1.165, 1.54) is 12.8 Å². The zero-order valence-corrected chi connectivity index (χ0v) is 15.9. The molecule has 1 aliphatic carbocycles. The molecular formula is C21H25N5O2. The van der Waals surface area contributed by atoms with Crippen LogP contribution in [0.4, 0.5) is 5.82 Å². The second kappa shape index (κ2) is 7.05. The maximum Gasteiger partial charge on any atom is 0.257 e. The van der Waals surface area contributed by atoms with Crippen molar-refractivity contribution in [3.63, 3.8) is 0 Å². The number of nitrogen functional groups attached to an aromatic ring is 1. The van der Waals surface area contributed by atoms with Gasteiger partial charge in [0, 0.05) is 19.2 Å². The van der Waals surface area contributed by atoms with Crippen LogP contribution in [0.25, 0.3) is 22.2 Å².